The SMILES string of the molecule is C[C@@H]1CN(c2ccc3c(NCC4CC4)noc3c2F)C[C@H](C)O1. The maximum atomic E-state index is 14.9. The van der Waals surface area contributed by atoms with Gasteiger partial charge in [0.2, 0.25) is 5.58 Å². The summed E-state index contributed by atoms with van der Waals surface area (Å²) in [7, 11) is 0. The summed E-state index contributed by atoms with van der Waals surface area (Å²) in [5.41, 5.74) is 0.789. The lowest BCUT2D eigenvalue weighted by molar-refractivity contribution is -0.00538. The molecule has 1 N–H and O–H groups in total. The molecule has 2 heterocycles. The first kappa shape index (κ1) is 14.8. The van der Waals surface area contributed by atoms with Gasteiger partial charge >= 0.3 is 0 Å². The van der Waals surface area contributed by atoms with Crippen molar-refractivity contribution in [1.82, 2.24) is 5.16 Å². The van der Waals surface area contributed by atoms with E-state index in [4.69, 9.17) is 9.26 Å². The van der Waals surface area contributed by atoms with Gasteiger partial charge in [-0.3, -0.25) is 0 Å². The molecule has 0 amide bonds. The fourth-order valence-corrected chi connectivity index (χ4v) is 3.27. The Morgan fingerprint density at radius 1 is 1.26 bits per heavy atom. The molecule has 0 unspecified atom stereocenters. The Morgan fingerprint density at radius 3 is 2.70 bits per heavy atom. The van der Waals surface area contributed by atoms with Gasteiger partial charge in [-0.15, -0.1) is 0 Å². The molecular weight excluding hydrogens is 297 g/mol. The van der Waals surface area contributed by atoms with Crippen molar-refractivity contribution in [2.45, 2.75) is 38.9 Å². The van der Waals surface area contributed by atoms with E-state index in [2.05, 4.69) is 10.5 Å². The number of hydrogen-bond acceptors (Lipinski definition) is 5. The molecule has 0 bridgehead atoms. The number of nitrogens with one attached hydrogen (secondary N) is 1. The molecule has 2 aromatic rings. The highest BCUT2D eigenvalue weighted by atomic mass is 19.1. The van der Waals surface area contributed by atoms with Crippen LogP contribution in [0.15, 0.2) is 16.7 Å². The summed E-state index contributed by atoms with van der Waals surface area (Å²) in [5, 5.41) is 7.98. The molecule has 1 aromatic carbocycles. The average molecular weight is 319 g/mol. The van der Waals surface area contributed by atoms with Gasteiger partial charge in [-0.05, 0) is 44.7 Å². The second kappa shape index (κ2) is 5.67. The third-order valence-corrected chi connectivity index (χ3v) is 4.58. The van der Waals surface area contributed by atoms with Crippen molar-refractivity contribution >= 4 is 22.5 Å². The lowest BCUT2D eigenvalue weighted by Crippen LogP contribution is -2.45. The van der Waals surface area contributed by atoms with Crippen LogP contribution in [0, 0.1) is 11.7 Å². The number of anilines is 2. The van der Waals surface area contributed by atoms with Crippen LogP contribution in [0.5, 0.6) is 0 Å². The molecule has 0 spiro atoms. The second-order valence-electron chi connectivity index (χ2n) is 6.79. The van der Waals surface area contributed by atoms with Crippen LogP contribution in [-0.4, -0.2) is 37.0 Å². The number of hydrogen-bond donors (Lipinski definition) is 1. The zero-order valence-corrected chi connectivity index (χ0v) is 13.5. The topological polar surface area (TPSA) is 50.5 Å². The predicted molar refractivity (Wildman–Crippen MR) is 87.4 cm³/mol. The lowest BCUT2D eigenvalue weighted by Gasteiger charge is -2.36. The van der Waals surface area contributed by atoms with E-state index in [0.29, 0.717) is 30.0 Å². The highest BCUT2D eigenvalue weighted by Crippen LogP contribution is 2.34. The number of ether oxygens (including phenoxy) is 1. The van der Waals surface area contributed by atoms with Gasteiger partial charge in [-0.1, -0.05) is 5.16 Å². The smallest absolute Gasteiger partial charge is 0.206 e. The van der Waals surface area contributed by atoms with E-state index in [1.807, 2.05) is 30.9 Å². The maximum Gasteiger partial charge on any atom is 0.206 e. The van der Waals surface area contributed by atoms with Crippen LogP contribution in [0.2, 0.25) is 0 Å². The molecule has 6 heteroatoms. The summed E-state index contributed by atoms with van der Waals surface area (Å²) in [6.45, 7) is 6.24. The Morgan fingerprint density at radius 2 is 2.00 bits per heavy atom. The molecule has 5 nitrogen and oxygen atoms in total. The number of rotatable bonds is 4. The van der Waals surface area contributed by atoms with Crippen LogP contribution in [0.3, 0.4) is 0 Å². The minimum Gasteiger partial charge on any atom is -0.372 e. The first-order valence-electron chi connectivity index (χ1n) is 8.34. The molecule has 4 rings (SSSR count). The first-order valence-corrected chi connectivity index (χ1v) is 8.34. The normalized spacial score (nSPS) is 25.1. The number of fused-ring (bicyclic) bond motifs is 1. The molecule has 23 heavy (non-hydrogen) atoms. The molecule has 0 radical (unpaired) electrons. The number of morpholine rings is 1. The van der Waals surface area contributed by atoms with Crippen molar-refractivity contribution in [1.29, 1.82) is 0 Å². The van der Waals surface area contributed by atoms with Crippen molar-refractivity contribution in [2.24, 2.45) is 5.92 Å². The third kappa shape index (κ3) is 2.87. The van der Waals surface area contributed by atoms with E-state index in [-0.39, 0.29) is 23.6 Å². The first-order chi connectivity index (χ1) is 11.1. The number of benzene rings is 1. The highest BCUT2D eigenvalue weighted by Gasteiger charge is 2.27. The van der Waals surface area contributed by atoms with Gasteiger partial charge in [0, 0.05) is 19.6 Å². The zero-order valence-electron chi connectivity index (χ0n) is 13.5. The van der Waals surface area contributed by atoms with Gasteiger partial charge in [0.15, 0.2) is 11.6 Å². The largest absolute Gasteiger partial charge is 0.372 e. The monoisotopic (exact) mass is 319 g/mol. The molecule has 124 valence electrons. The van der Waals surface area contributed by atoms with Gasteiger partial charge in [-0.2, -0.15) is 0 Å². The molecule has 1 aliphatic carbocycles. The van der Waals surface area contributed by atoms with Crippen LogP contribution >= 0.6 is 0 Å². The van der Waals surface area contributed by atoms with Crippen molar-refractivity contribution in [2.75, 3.05) is 29.9 Å². The van der Waals surface area contributed by atoms with Gasteiger partial charge in [0.25, 0.3) is 0 Å². The van der Waals surface area contributed by atoms with Crippen LogP contribution < -0.4 is 10.2 Å². The van der Waals surface area contributed by atoms with E-state index < -0.39 is 0 Å². The quantitative estimate of drug-likeness (QED) is 0.936. The summed E-state index contributed by atoms with van der Waals surface area (Å²) < 4.78 is 25.9. The summed E-state index contributed by atoms with van der Waals surface area (Å²) in [6.07, 6.45) is 2.68. The van der Waals surface area contributed by atoms with E-state index in [9.17, 15) is 4.39 Å². The molecule has 1 aromatic heterocycles. The average Bonchev–Trinajstić information content (AvgIpc) is 3.24. The van der Waals surface area contributed by atoms with Crippen molar-refractivity contribution in [3.05, 3.63) is 17.9 Å². The van der Waals surface area contributed by atoms with Crippen molar-refractivity contribution in [3.8, 4) is 0 Å². The fourth-order valence-electron chi connectivity index (χ4n) is 3.27. The number of nitrogens with zero attached hydrogens (tertiary/aromatic N) is 2. The third-order valence-electron chi connectivity index (χ3n) is 4.58. The van der Waals surface area contributed by atoms with Gasteiger partial charge in [-0.25, -0.2) is 4.39 Å². The summed E-state index contributed by atoms with van der Waals surface area (Å²) in [4.78, 5) is 2.02. The molecule has 2 aliphatic rings. The molecule has 1 aliphatic heterocycles. The van der Waals surface area contributed by atoms with Crippen LogP contribution in [-0.2, 0) is 4.74 Å². The Balaban J connectivity index is 1.62. The molecule has 2 fully saturated rings. The second-order valence-corrected chi connectivity index (χ2v) is 6.79. The molecule has 1 saturated heterocycles. The maximum absolute atomic E-state index is 14.9. The molecule has 1 saturated carbocycles. The van der Waals surface area contributed by atoms with Gasteiger partial charge < -0.3 is 19.5 Å². The van der Waals surface area contributed by atoms with E-state index >= 15 is 0 Å². The van der Waals surface area contributed by atoms with E-state index in [1.165, 1.54) is 12.8 Å². The van der Waals surface area contributed by atoms with Crippen LogP contribution in [0.1, 0.15) is 26.7 Å². The van der Waals surface area contributed by atoms with E-state index in [1.54, 1.807) is 0 Å². The summed E-state index contributed by atoms with van der Waals surface area (Å²) in [6, 6.07) is 3.71. The standard InChI is InChI=1S/C17H22FN3O2/c1-10-8-21(9-11(2)22-10)14-6-5-13-16(15(14)18)23-20-17(13)19-7-12-3-4-12/h5-6,10-12H,3-4,7-9H2,1-2H3,(H,19,20)/t10-,11+. The lowest BCUT2D eigenvalue weighted by atomic mass is 10.1. The predicted octanol–water partition coefficient (Wildman–Crippen LogP) is 3.40. The van der Waals surface area contributed by atoms with Crippen LogP contribution in [0.25, 0.3) is 11.0 Å². The Labute approximate surface area is 134 Å². The number of aromatic nitrogens is 1. The molecular formula is C17H22FN3O2. The van der Waals surface area contributed by atoms with E-state index in [0.717, 1.165) is 12.5 Å². The minimum atomic E-state index is -0.337. The summed E-state index contributed by atoms with van der Waals surface area (Å²) >= 11 is 0. The van der Waals surface area contributed by atoms with Crippen molar-refractivity contribution in [3.63, 3.8) is 0 Å². The van der Waals surface area contributed by atoms with Gasteiger partial charge in [0.1, 0.15) is 0 Å². The zero-order chi connectivity index (χ0) is 16.0. The Hall–Kier alpha value is -1.82. The Kier molecular flexibility index (Phi) is 3.64. The highest BCUT2D eigenvalue weighted by molar-refractivity contribution is 5.91. The molecule has 2 atom stereocenters. The van der Waals surface area contributed by atoms with Crippen LogP contribution in [0.4, 0.5) is 15.9 Å². The Bertz CT molecular complexity index is 703. The van der Waals surface area contributed by atoms with Crippen molar-refractivity contribution < 1.29 is 13.7 Å². The number of halogens is 1. The summed E-state index contributed by atoms with van der Waals surface area (Å²) in [5.74, 6) is 1.03. The minimum absolute atomic E-state index is 0.0827. The fraction of sp³-hybridized carbons (Fsp3) is 0.588. The van der Waals surface area contributed by atoms with Gasteiger partial charge in [0.05, 0.1) is 23.3 Å².